The van der Waals surface area contributed by atoms with Crippen LogP contribution in [0.15, 0.2) is 43.2 Å². The number of hydrogen-bond donors (Lipinski definition) is 2. The summed E-state index contributed by atoms with van der Waals surface area (Å²) in [4.78, 5) is 20.1. The molecule has 0 unspecified atom stereocenters. The summed E-state index contributed by atoms with van der Waals surface area (Å²) in [6.07, 6.45) is 10.2. The first-order valence-corrected chi connectivity index (χ1v) is 8.22. The fourth-order valence-electron chi connectivity index (χ4n) is 2.95. The summed E-state index contributed by atoms with van der Waals surface area (Å²) in [5.74, 6) is 0.559. The van der Waals surface area contributed by atoms with Crippen LogP contribution in [0.25, 0.3) is 0 Å². The molecule has 2 N–H and O–H groups in total. The molecule has 7 heteroatoms. The van der Waals surface area contributed by atoms with Gasteiger partial charge in [0.05, 0.1) is 18.6 Å². The highest BCUT2D eigenvalue weighted by molar-refractivity contribution is 5.76. The first-order chi connectivity index (χ1) is 11.7. The monoisotopic (exact) mass is 330 g/mol. The number of aryl methyl sites for hydroxylation is 1. The number of amides is 1. The Kier molecular flexibility index (Phi) is 5.43. The summed E-state index contributed by atoms with van der Waals surface area (Å²) in [7, 11) is 0. The van der Waals surface area contributed by atoms with Gasteiger partial charge in [0.25, 0.3) is 0 Å². The van der Waals surface area contributed by atoms with Crippen LogP contribution in [-0.4, -0.2) is 43.8 Å². The Morgan fingerprint density at radius 1 is 1.38 bits per heavy atom. The van der Waals surface area contributed by atoms with E-state index >= 15 is 0 Å². The molecule has 1 aliphatic rings. The fraction of sp³-hybridized carbons (Fsp3) is 0.471. The van der Waals surface area contributed by atoms with Crippen LogP contribution in [0, 0.1) is 0 Å². The van der Waals surface area contributed by atoms with E-state index in [0.29, 0.717) is 18.7 Å². The van der Waals surface area contributed by atoms with Crippen molar-refractivity contribution in [2.24, 2.45) is 0 Å². The number of rotatable bonds is 6. The van der Waals surface area contributed by atoms with E-state index in [9.17, 15) is 9.90 Å². The van der Waals surface area contributed by atoms with Gasteiger partial charge in [-0.2, -0.15) is 0 Å². The smallest absolute Gasteiger partial charge is 0.222 e. The number of carbonyl (C=O) groups excluding carboxylic acids is 1. The molecule has 1 amide bonds. The molecule has 7 nitrogen and oxygen atoms in total. The second-order valence-corrected chi connectivity index (χ2v) is 5.99. The van der Waals surface area contributed by atoms with Crippen molar-refractivity contribution < 1.29 is 14.6 Å². The molecule has 3 rings (SSSR count). The molecule has 128 valence electrons. The van der Waals surface area contributed by atoms with Gasteiger partial charge in [-0.15, -0.1) is 0 Å². The molecule has 2 heterocycles. The molecule has 0 aliphatic heterocycles. The Labute approximate surface area is 140 Å². The number of pyridine rings is 1. The van der Waals surface area contributed by atoms with E-state index in [1.165, 1.54) is 0 Å². The zero-order chi connectivity index (χ0) is 16.8. The quantitative estimate of drug-likeness (QED) is 0.829. The minimum absolute atomic E-state index is 0.0743. The number of carbonyl (C=O) groups is 1. The fourth-order valence-corrected chi connectivity index (χ4v) is 2.95. The summed E-state index contributed by atoms with van der Waals surface area (Å²) in [6, 6.07) is 3.32. The van der Waals surface area contributed by atoms with Crippen LogP contribution >= 0.6 is 0 Å². The Bertz CT molecular complexity index is 633. The average Bonchev–Trinajstić information content (AvgIpc) is 3.11. The number of nitrogens with zero attached hydrogens (tertiary/aromatic N) is 3. The Hall–Kier alpha value is -2.41. The minimum Gasteiger partial charge on any atom is -0.486 e. The number of aliphatic hydroxyl groups excluding tert-OH is 1. The second-order valence-electron chi connectivity index (χ2n) is 5.99. The lowest BCUT2D eigenvalue weighted by molar-refractivity contribution is -0.124. The molecule has 2 aromatic heterocycles. The topological polar surface area (TPSA) is 89.3 Å². The highest BCUT2D eigenvalue weighted by Crippen LogP contribution is 2.24. The Morgan fingerprint density at radius 2 is 2.29 bits per heavy atom. The molecule has 0 spiro atoms. The van der Waals surface area contributed by atoms with Crippen molar-refractivity contribution in [2.75, 3.05) is 0 Å². The van der Waals surface area contributed by atoms with Gasteiger partial charge >= 0.3 is 0 Å². The molecule has 1 aliphatic carbocycles. The van der Waals surface area contributed by atoms with Gasteiger partial charge in [0.1, 0.15) is 18.0 Å². The average molecular weight is 330 g/mol. The minimum atomic E-state index is -0.726. The first kappa shape index (κ1) is 16.4. The van der Waals surface area contributed by atoms with Gasteiger partial charge < -0.3 is 19.7 Å². The number of aromatic nitrogens is 3. The van der Waals surface area contributed by atoms with Crippen molar-refractivity contribution in [2.45, 2.75) is 50.5 Å². The summed E-state index contributed by atoms with van der Waals surface area (Å²) >= 11 is 0. The standard InChI is InChI=1S/C17H22N4O3/c22-16(6-9-21-10-8-19-12-21)20-14-4-1-5-15(17(14)23)24-13-3-2-7-18-11-13/h2-3,7-8,10-12,14-15,17,23H,1,4-6,9H2,(H,20,22)/t14-,15-,17-/m1/s1. The van der Waals surface area contributed by atoms with Crippen LogP contribution in [0.3, 0.4) is 0 Å². The van der Waals surface area contributed by atoms with E-state index in [4.69, 9.17) is 4.74 Å². The van der Waals surface area contributed by atoms with Crippen LogP contribution < -0.4 is 10.1 Å². The van der Waals surface area contributed by atoms with E-state index in [1.54, 1.807) is 31.0 Å². The van der Waals surface area contributed by atoms with E-state index in [-0.39, 0.29) is 18.1 Å². The normalized spacial score (nSPS) is 23.6. The lowest BCUT2D eigenvalue weighted by atomic mass is 9.89. The largest absolute Gasteiger partial charge is 0.486 e. The van der Waals surface area contributed by atoms with Gasteiger partial charge in [0.2, 0.25) is 5.91 Å². The molecule has 2 aromatic rings. The van der Waals surface area contributed by atoms with Crippen molar-refractivity contribution in [3.63, 3.8) is 0 Å². The van der Waals surface area contributed by atoms with E-state index < -0.39 is 6.10 Å². The molecule has 3 atom stereocenters. The lowest BCUT2D eigenvalue weighted by Crippen LogP contribution is -2.52. The van der Waals surface area contributed by atoms with Crippen LogP contribution in [0.4, 0.5) is 0 Å². The molecule has 0 radical (unpaired) electrons. The summed E-state index contributed by atoms with van der Waals surface area (Å²) in [5, 5.41) is 13.4. The van der Waals surface area contributed by atoms with Gasteiger partial charge in [-0.25, -0.2) is 4.98 Å². The van der Waals surface area contributed by atoms with Gasteiger partial charge in [-0.1, -0.05) is 0 Å². The van der Waals surface area contributed by atoms with E-state index in [0.717, 1.165) is 19.3 Å². The summed E-state index contributed by atoms with van der Waals surface area (Å²) in [6.45, 7) is 0.574. The first-order valence-electron chi connectivity index (χ1n) is 8.22. The highest BCUT2D eigenvalue weighted by atomic mass is 16.5. The molecular formula is C17H22N4O3. The van der Waals surface area contributed by atoms with Crippen molar-refractivity contribution in [1.82, 2.24) is 19.9 Å². The molecular weight excluding hydrogens is 308 g/mol. The SMILES string of the molecule is O=C(CCn1ccnc1)N[C@@H]1CCC[C@@H](Oc2cccnc2)[C@@H]1O. The van der Waals surface area contributed by atoms with Gasteiger partial charge in [-0.3, -0.25) is 9.78 Å². The molecule has 0 saturated heterocycles. The van der Waals surface area contributed by atoms with Crippen molar-refractivity contribution in [1.29, 1.82) is 0 Å². The molecule has 1 fully saturated rings. The number of hydrogen-bond acceptors (Lipinski definition) is 5. The second kappa shape index (κ2) is 7.92. The van der Waals surface area contributed by atoms with Gasteiger partial charge in [0, 0.05) is 31.6 Å². The predicted octanol–water partition coefficient (Wildman–Crippen LogP) is 1.15. The highest BCUT2D eigenvalue weighted by Gasteiger charge is 2.34. The molecule has 0 bridgehead atoms. The third-order valence-corrected chi connectivity index (χ3v) is 4.22. The Morgan fingerprint density at radius 3 is 3.04 bits per heavy atom. The maximum atomic E-state index is 12.1. The molecule has 1 saturated carbocycles. The maximum absolute atomic E-state index is 12.1. The van der Waals surface area contributed by atoms with Gasteiger partial charge in [0.15, 0.2) is 0 Å². The lowest BCUT2D eigenvalue weighted by Gasteiger charge is -2.35. The molecule has 24 heavy (non-hydrogen) atoms. The van der Waals surface area contributed by atoms with Crippen molar-refractivity contribution in [3.8, 4) is 5.75 Å². The zero-order valence-electron chi connectivity index (χ0n) is 13.4. The van der Waals surface area contributed by atoms with Crippen LogP contribution in [0.1, 0.15) is 25.7 Å². The predicted molar refractivity (Wildman–Crippen MR) is 87.3 cm³/mol. The Balaban J connectivity index is 1.50. The maximum Gasteiger partial charge on any atom is 0.222 e. The third-order valence-electron chi connectivity index (χ3n) is 4.22. The summed E-state index contributed by atoms with van der Waals surface area (Å²) in [5.41, 5.74) is 0. The van der Waals surface area contributed by atoms with Crippen LogP contribution in [-0.2, 0) is 11.3 Å². The zero-order valence-corrected chi connectivity index (χ0v) is 13.4. The summed E-state index contributed by atoms with van der Waals surface area (Å²) < 4.78 is 7.67. The third kappa shape index (κ3) is 4.32. The number of nitrogens with one attached hydrogen (secondary N) is 1. The molecule has 0 aromatic carbocycles. The van der Waals surface area contributed by atoms with E-state index in [1.807, 2.05) is 16.8 Å². The van der Waals surface area contributed by atoms with Crippen molar-refractivity contribution in [3.05, 3.63) is 43.2 Å². The number of ether oxygens (including phenoxy) is 1. The van der Waals surface area contributed by atoms with Crippen LogP contribution in [0.5, 0.6) is 5.75 Å². The van der Waals surface area contributed by atoms with Gasteiger partial charge in [-0.05, 0) is 31.4 Å². The van der Waals surface area contributed by atoms with Crippen LogP contribution in [0.2, 0.25) is 0 Å². The van der Waals surface area contributed by atoms with Crippen molar-refractivity contribution >= 4 is 5.91 Å². The number of imidazole rings is 1. The van der Waals surface area contributed by atoms with E-state index in [2.05, 4.69) is 15.3 Å². The number of aliphatic hydroxyl groups is 1.